The highest BCUT2D eigenvalue weighted by atomic mass is 32.2. The van der Waals surface area contributed by atoms with Crippen LogP contribution in [0.25, 0.3) is 0 Å². The van der Waals surface area contributed by atoms with E-state index in [1.165, 1.54) is 4.31 Å². The topological polar surface area (TPSA) is 72.6 Å². The first-order valence-corrected chi connectivity index (χ1v) is 7.91. The van der Waals surface area contributed by atoms with Crippen molar-refractivity contribution in [3.63, 3.8) is 0 Å². The highest BCUT2D eigenvalue weighted by molar-refractivity contribution is 7.89. The first-order valence-electron chi connectivity index (χ1n) is 6.41. The number of fused-ring (bicyclic) bond motifs is 1. The Hall–Kier alpha value is -1.11. The van der Waals surface area contributed by atoms with Gasteiger partial charge in [-0.1, -0.05) is 18.2 Å². The largest absolute Gasteiger partial charge is 0.492 e. The SMILES string of the molecule is CC(C)S(=O)(=O)N1CCOc2ccccc2C1CN. The Morgan fingerprint density at radius 3 is 2.74 bits per heavy atom. The van der Waals surface area contributed by atoms with Crippen LogP contribution in [0.5, 0.6) is 5.75 Å². The van der Waals surface area contributed by atoms with Crippen molar-refractivity contribution in [1.29, 1.82) is 0 Å². The number of nitrogens with two attached hydrogens (primary N) is 1. The van der Waals surface area contributed by atoms with E-state index in [-0.39, 0.29) is 12.6 Å². The van der Waals surface area contributed by atoms with Gasteiger partial charge in [0, 0.05) is 18.7 Å². The van der Waals surface area contributed by atoms with Gasteiger partial charge in [0.05, 0.1) is 11.3 Å². The molecule has 0 amide bonds. The van der Waals surface area contributed by atoms with E-state index in [0.29, 0.717) is 13.2 Å². The maximum Gasteiger partial charge on any atom is 0.217 e. The van der Waals surface area contributed by atoms with Crippen LogP contribution in [0.15, 0.2) is 24.3 Å². The van der Waals surface area contributed by atoms with E-state index in [1.54, 1.807) is 13.8 Å². The molecule has 0 spiro atoms. The molecule has 2 N–H and O–H groups in total. The van der Waals surface area contributed by atoms with Gasteiger partial charge in [0.25, 0.3) is 0 Å². The highest BCUT2D eigenvalue weighted by Crippen LogP contribution is 2.33. The van der Waals surface area contributed by atoms with Crippen LogP contribution in [0.1, 0.15) is 25.5 Å². The Morgan fingerprint density at radius 2 is 2.11 bits per heavy atom. The van der Waals surface area contributed by atoms with E-state index in [9.17, 15) is 8.42 Å². The predicted molar refractivity (Wildman–Crippen MR) is 74.5 cm³/mol. The minimum Gasteiger partial charge on any atom is -0.492 e. The molecule has 0 fully saturated rings. The second kappa shape index (κ2) is 5.48. The van der Waals surface area contributed by atoms with Gasteiger partial charge < -0.3 is 10.5 Å². The number of hydrogen-bond acceptors (Lipinski definition) is 4. The van der Waals surface area contributed by atoms with Gasteiger partial charge in [-0.15, -0.1) is 0 Å². The first kappa shape index (κ1) is 14.3. The third-order valence-corrected chi connectivity index (χ3v) is 5.62. The number of benzene rings is 1. The molecule has 0 saturated carbocycles. The zero-order valence-corrected chi connectivity index (χ0v) is 12.1. The van der Waals surface area contributed by atoms with E-state index >= 15 is 0 Å². The van der Waals surface area contributed by atoms with Crippen molar-refractivity contribution in [3.8, 4) is 5.75 Å². The smallest absolute Gasteiger partial charge is 0.217 e. The summed E-state index contributed by atoms with van der Waals surface area (Å²) in [7, 11) is -3.35. The van der Waals surface area contributed by atoms with E-state index in [4.69, 9.17) is 10.5 Å². The lowest BCUT2D eigenvalue weighted by molar-refractivity contribution is 0.272. The van der Waals surface area contributed by atoms with Crippen molar-refractivity contribution in [1.82, 2.24) is 4.31 Å². The predicted octanol–water partition coefficient (Wildman–Crippen LogP) is 1.12. The van der Waals surface area contributed by atoms with Crippen LogP contribution in [0.4, 0.5) is 0 Å². The molecule has 2 rings (SSSR count). The Labute approximate surface area is 114 Å². The molecule has 1 heterocycles. The number of rotatable bonds is 3. The Kier molecular flexibility index (Phi) is 4.13. The average Bonchev–Trinajstić information content (AvgIpc) is 2.57. The summed E-state index contributed by atoms with van der Waals surface area (Å²) in [5.41, 5.74) is 6.65. The van der Waals surface area contributed by atoms with E-state index < -0.39 is 15.3 Å². The van der Waals surface area contributed by atoms with E-state index in [2.05, 4.69) is 0 Å². The van der Waals surface area contributed by atoms with Crippen LogP contribution in [0.2, 0.25) is 0 Å². The van der Waals surface area contributed by atoms with Gasteiger partial charge in [-0.2, -0.15) is 4.31 Å². The van der Waals surface area contributed by atoms with Crippen LogP contribution >= 0.6 is 0 Å². The summed E-state index contributed by atoms with van der Waals surface area (Å²) < 4.78 is 32.0. The van der Waals surface area contributed by atoms with Crippen molar-refractivity contribution >= 4 is 10.0 Å². The molecule has 1 unspecified atom stereocenters. The fourth-order valence-corrected chi connectivity index (χ4v) is 3.69. The van der Waals surface area contributed by atoms with Gasteiger partial charge in [0.1, 0.15) is 12.4 Å². The molecule has 106 valence electrons. The summed E-state index contributed by atoms with van der Waals surface area (Å²) in [6, 6.07) is 7.12. The molecule has 0 aliphatic carbocycles. The Bertz CT molecular complexity index is 543. The molecule has 5 nitrogen and oxygen atoms in total. The highest BCUT2D eigenvalue weighted by Gasteiger charge is 2.35. The van der Waals surface area contributed by atoms with Gasteiger partial charge >= 0.3 is 0 Å². The van der Waals surface area contributed by atoms with Crippen LogP contribution < -0.4 is 10.5 Å². The third kappa shape index (κ3) is 2.61. The molecule has 0 saturated heterocycles. The van der Waals surface area contributed by atoms with Crippen LogP contribution in [-0.2, 0) is 10.0 Å². The zero-order valence-electron chi connectivity index (χ0n) is 11.2. The van der Waals surface area contributed by atoms with E-state index in [1.807, 2.05) is 24.3 Å². The second-order valence-electron chi connectivity index (χ2n) is 4.84. The van der Waals surface area contributed by atoms with Gasteiger partial charge in [-0.25, -0.2) is 8.42 Å². The van der Waals surface area contributed by atoms with Gasteiger partial charge in [0.15, 0.2) is 0 Å². The lowest BCUT2D eigenvalue weighted by Crippen LogP contribution is -2.42. The van der Waals surface area contributed by atoms with Crippen LogP contribution in [0.3, 0.4) is 0 Å². The standard InChI is InChI=1S/C13H20N2O3S/c1-10(2)19(16,17)15-7-8-18-13-6-4-3-5-11(13)12(15)9-14/h3-6,10,12H,7-9,14H2,1-2H3. The zero-order chi connectivity index (χ0) is 14.0. The third-order valence-electron chi connectivity index (χ3n) is 3.34. The molecular weight excluding hydrogens is 264 g/mol. The number of hydrogen-bond donors (Lipinski definition) is 1. The molecule has 0 radical (unpaired) electrons. The van der Waals surface area contributed by atoms with Gasteiger partial charge in [-0.3, -0.25) is 0 Å². The van der Waals surface area contributed by atoms with Gasteiger partial charge in [-0.05, 0) is 19.9 Å². The van der Waals surface area contributed by atoms with E-state index in [0.717, 1.165) is 11.3 Å². The average molecular weight is 284 g/mol. The van der Waals surface area contributed by atoms with Crippen LogP contribution in [0, 0.1) is 0 Å². The molecule has 19 heavy (non-hydrogen) atoms. The summed E-state index contributed by atoms with van der Waals surface area (Å²) in [5.74, 6) is 0.722. The molecular formula is C13H20N2O3S. The first-order chi connectivity index (χ1) is 8.98. The Balaban J connectivity index is 2.48. The molecule has 6 heteroatoms. The maximum atomic E-state index is 12.4. The van der Waals surface area contributed by atoms with Crippen molar-refractivity contribution < 1.29 is 13.2 Å². The number of para-hydroxylation sites is 1. The summed E-state index contributed by atoms with van der Waals surface area (Å²) in [5, 5.41) is -0.466. The quantitative estimate of drug-likeness (QED) is 0.902. The summed E-state index contributed by atoms with van der Waals surface area (Å²) in [6.07, 6.45) is 0. The second-order valence-corrected chi connectivity index (χ2v) is 7.28. The molecule has 1 aromatic rings. The minimum absolute atomic E-state index is 0.242. The van der Waals surface area contributed by atoms with Gasteiger partial charge in [0.2, 0.25) is 10.0 Å². The summed E-state index contributed by atoms with van der Waals surface area (Å²) in [4.78, 5) is 0. The van der Waals surface area contributed by atoms with Crippen LogP contribution in [-0.4, -0.2) is 37.7 Å². The lowest BCUT2D eigenvalue weighted by atomic mass is 10.1. The fraction of sp³-hybridized carbons (Fsp3) is 0.538. The van der Waals surface area contributed by atoms with Crippen molar-refractivity contribution in [2.45, 2.75) is 25.1 Å². The fourth-order valence-electron chi connectivity index (χ4n) is 2.26. The summed E-state index contributed by atoms with van der Waals surface area (Å²) in [6.45, 7) is 4.28. The minimum atomic E-state index is -3.35. The van der Waals surface area contributed by atoms with Crippen molar-refractivity contribution in [2.24, 2.45) is 5.73 Å². The lowest BCUT2D eigenvalue weighted by Gasteiger charge is -2.29. The number of sulfonamides is 1. The Morgan fingerprint density at radius 1 is 1.42 bits per heavy atom. The normalized spacial score (nSPS) is 20.7. The molecule has 1 aromatic carbocycles. The molecule has 1 aliphatic rings. The molecule has 1 aliphatic heterocycles. The molecule has 1 atom stereocenters. The summed E-state index contributed by atoms with van der Waals surface area (Å²) >= 11 is 0. The monoisotopic (exact) mass is 284 g/mol. The number of ether oxygens (including phenoxy) is 1. The number of nitrogens with zero attached hydrogens (tertiary/aromatic N) is 1. The van der Waals surface area contributed by atoms with Crippen molar-refractivity contribution in [3.05, 3.63) is 29.8 Å². The molecule has 0 bridgehead atoms. The maximum absolute atomic E-state index is 12.4. The molecule has 0 aromatic heterocycles. The van der Waals surface area contributed by atoms with Crippen molar-refractivity contribution in [2.75, 3.05) is 19.7 Å².